The van der Waals surface area contributed by atoms with Crippen molar-refractivity contribution < 1.29 is 27.5 Å². The molecule has 4 nitrogen and oxygen atoms in total. The molecule has 27 heavy (non-hydrogen) atoms. The fraction of sp³-hybridized carbons (Fsp3) is 0.300. The van der Waals surface area contributed by atoms with Crippen LogP contribution in [0, 0.1) is 0 Å². The maximum absolute atomic E-state index is 12.5. The smallest absolute Gasteiger partial charge is 0.416 e. The van der Waals surface area contributed by atoms with E-state index in [0.29, 0.717) is 5.69 Å². The number of rotatable bonds is 6. The number of esters is 1. The minimum Gasteiger partial charge on any atom is -0.452 e. The van der Waals surface area contributed by atoms with Gasteiger partial charge in [-0.3, -0.25) is 4.79 Å². The van der Waals surface area contributed by atoms with E-state index in [1.54, 1.807) is 12.1 Å². The Hall–Kier alpha value is -2.83. The van der Waals surface area contributed by atoms with Crippen molar-refractivity contribution in [1.82, 2.24) is 0 Å². The topological polar surface area (TPSA) is 55.4 Å². The zero-order valence-electron chi connectivity index (χ0n) is 15.0. The lowest BCUT2D eigenvalue weighted by atomic mass is 9.97. The summed E-state index contributed by atoms with van der Waals surface area (Å²) in [6.45, 7) is 3.54. The number of hydrogen-bond donors (Lipinski definition) is 1. The molecule has 0 saturated heterocycles. The SMILES string of the molecule is CC[C@@H](C)c1ccccc1NC(=O)COC(=O)c1ccc(C(F)(F)F)cc1. The Balaban J connectivity index is 1.95. The standard InChI is InChI=1S/C20H20F3NO3/c1-3-13(2)16-6-4-5-7-17(16)24-18(25)12-27-19(26)14-8-10-15(11-9-14)20(21,22)23/h4-11,13H,3,12H2,1-2H3,(H,24,25)/t13-/m1/s1. The van der Waals surface area contributed by atoms with Gasteiger partial charge in [-0.2, -0.15) is 13.2 Å². The largest absolute Gasteiger partial charge is 0.452 e. The number of amides is 1. The van der Waals surface area contributed by atoms with E-state index in [1.807, 2.05) is 26.0 Å². The van der Waals surface area contributed by atoms with Gasteiger partial charge in [0.15, 0.2) is 6.61 Å². The first kappa shape index (κ1) is 20.5. The van der Waals surface area contributed by atoms with Gasteiger partial charge in [0.2, 0.25) is 0 Å². The molecule has 0 fully saturated rings. The van der Waals surface area contributed by atoms with Crippen LogP contribution in [0.1, 0.15) is 47.7 Å². The lowest BCUT2D eigenvalue weighted by molar-refractivity contribution is -0.137. The first-order chi connectivity index (χ1) is 12.7. The molecule has 2 aromatic rings. The number of carbonyl (C=O) groups is 2. The molecule has 2 rings (SSSR count). The fourth-order valence-corrected chi connectivity index (χ4v) is 2.46. The average molecular weight is 379 g/mol. The summed E-state index contributed by atoms with van der Waals surface area (Å²) in [5.74, 6) is -1.14. The second kappa shape index (κ2) is 8.70. The van der Waals surface area contributed by atoms with Crippen molar-refractivity contribution in [3.63, 3.8) is 0 Å². The van der Waals surface area contributed by atoms with Gasteiger partial charge in [0.1, 0.15) is 0 Å². The molecule has 0 aliphatic carbocycles. The molecule has 0 heterocycles. The van der Waals surface area contributed by atoms with Crippen molar-refractivity contribution in [3.8, 4) is 0 Å². The van der Waals surface area contributed by atoms with Crippen LogP contribution in [-0.4, -0.2) is 18.5 Å². The van der Waals surface area contributed by atoms with Crippen molar-refractivity contribution in [2.75, 3.05) is 11.9 Å². The summed E-state index contributed by atoms with van der Waals surface area (Å²) in [5, 5.41) is 2.70. The zero-order chi connectivity index (χ0) is 20.0. The number of ether oxygens (including phenoxy) is 1. The quantitative estimate of drug-likeness (QED) is 0.718. The van der Waals surface area contributed by atoms with Gasteiger partial charge in [-0.25, -0.2) is 4.79 Å². The first-order valence-corrected chi connectivity index (χ1v) is 8.45. The number of nitrogens with one attached hydrogen (secondary N) is 1. The van der Waals surface area contributed by atoms with E-state index in [0.717, 1.165) is 36.2 Å². The Labute approximate surface area is 155 Å². The molecular weight excluding hydrogens is 359 g/mol. The average Bonchev–Trinajstić information content (AvgIpc) is 2.65. The van der Waals surface area contributed by atoms with Crippen LogP contribution >= 0.6 is 0 Å². The van der Waals surface area contributed by atoms with Crippen LogP contribution in [0.3, 0.4) is 0 Å². The number of alkyl halides is 3. The fourth-order valence-electron chi connectivity index (χ4n) is 2.46. The Morgan fingerprint density at radius 2 is 1.70 bits per heavy atom. The molecule has 1 amide bonds. The second-order valence-electron chi connectivity index (χ2n) is 6.10. The van der Waals surface area contributed by atoms with Gasteiger partial charge < -0.3 is 10.1 Å². The van der Waals surface area contributed by atoms with Gasteiger partial charge in [-0.1, -0.05) is 32.0 Å². The predicted octanol–water partition coefficient (Wildman–Crippen LogP) is 5.01. The molecule has 0 unspecified atom stereocenters. The van der Waals surface area contributed by atoms with E-state index in [-0.39, 0.29) is 11.5 Å². The molecule has 0 saturated carbocycles. The molecule has 0 radical (unpaired) electrons. The highest BCUT2D eigenvalue weighted by Crippen LogP contribution is 2.29. The third-order valence-corrected chi connectivity index (χ3v) is 4.16. The second-order valence-corrected chi connectivity index (χ2v) is 6.10. The van der Waals surface area contributed by atoms with Crippen LogP contribution in [-0.2, 0) is 15.7 Å². The molecule has 144 valence electrons. The highest BCUT2D eigenvalue weighted by Gasteiger charge is 2.30. The van der Waals surface area contributed by atoms with E-state index in [4.69, 9.17) is 4.74 Å². The van der Waals surface area contributed by atoms with Crippen LogP contribution in [0.15, 0.2) is 48.5 Å². The normalized spacial score (nSPS) is 12.3. The van der Waals surface area contributed by atoms with E-state index in [2.05, 4.69) is 5.32 Å². The Kier molecular flexibility index (Phi) is 6.60. The molecule has 1 N–H and O–H groups in total. The lowest BCUT2D eigenvalue weighted by Crippen LogP contribution is -2.21. The summed E-state index contributed by atoms with van der Waals surface area (Å²) in [4.78, 5) is 24.0. The minimum absolute atomic E-state index is 0.0594. The van der Waals surface area contributed by atoms with Crippen molar-refractivity contribution in [2.45, 2.75) is 32.4 Å². The number of halogens is 3. The van der Waals surface area contributed by atoms with Crippen LogP contribution < -0.4 is 5.32 Å². The maximum Gasteiger partial charge on any atom is 0.416 e. The predicted molar refractivity (Wildman–Crippen MR) is 95.5 cm³/mol. The first-order valence-electron chi connectivity index (χ1n) is 8.45. The van der Waals surface area contributed by atoms with Gasteiger partial charge in [0.25, 0.3) is 5.91 Å². The summed E-state index contributed by atoms with van der Waals surface area (Å²) >= 11 is 0. The van der Waals surface area contributed by atoms with Gasteiger partial charge in [0, 0.05) is 5.69 Å². The van der Waals surface area contributed by atoms with Gasteiger partial charge in [-0.15, -0.1) is 0 Å². The summed E-state index contributed by atoms with van der Waals surface area (Å²) in [6.07, 6.45) is -3.58. The van der Waals surface area contributed by atoms with Crippen molar-refractivity contribution in [2.24, 2.45) is 0 Å². The molecule has 7 heteroatoms. The summed E-state index contributed by atoms with van der Waals surface area (Å²) < 4.78 is 42.5. The molecule has 0 bridgehead atoms. The minimum atomic E-state index is -4.48. The monoisotopic (exact) mass is 379 g/mol. The molecule has 1 atom stereocenters. The molecule has 0 aliphatic rings. The van der Waals surface area contributed by atoms with Gasteiger partial charge >= 0.3 is 12.1 Å². The van der Waals surface area contributed by atoms with Crippen molar-refractivity contribution in [1.29, 1.82) is 0 Å². The highest BCUT2D eigenvalue weighted by molar-refractivity contribution is 5.96. The summed E-state index contributed by atoms with van der Waals surface area (Å²) in [5.41, 5.74) is 0.694. The molecule has 0 aromatic heterocycles. The molecule has 0 aliphatic heterocycles. The summed E-state index contributed by atoms with van der Waals surface area (Å²) in [7, 11) is 0. The van der Waals surface area contributed by atoms with Crippen LogP contribution in [0.5, 0.6) is 0 Å². The maximum atomic E-state index is 12.5. The number of benzene rings is 2. The van der Waals surface area contributed by atoms with Crippen LogP contribution in [0.25, 0.3) is 0 Å². The number of hydrogen-bond acceptors (Lipinski definition) is 3. The third-order valence-electron chi connectivity index (χ3n) is 4.16. The highest BCUT2D eigenvalue weighted by atomic mass is 19.4. The van der Waals surface area contributed by atoms with E-state index in [9.17, 15) is 22.8 Å². The van der Waals surface area contributed by atoms with Crippen molar-refractivity contribution in [3.05, 3.63) is 65.2 Å². The van der Waals surface area contributed by atoms with Gasteiger partial charge in [-0.05, 0) is 48.2 Å². The summed E-state index contributed by atoms with van der Waals surface area (Å²) in [6, 6.07) is 11.0. The lowest BCUT2D eigenvalue weighted by Gasteiger charge is -2.15. The Bertz CT molecular complexity index is 801. The van der Waals surface area contributed by atoms with Crippen LogP contribution in [0.4, 0.5) is 18.9 Å². The van der Waals surface area contributed by atoms with Crippen molar-refractivity contribution >= 4 is 17.6 Å². The Morgan fingerprint density at radius 3 is 2.30 bits per heavy atom. The van der Waals surface area contributed by atoms with E-state index >= 15 is 0 Å². The Morgan fingerprint density at radius 1 is 1.07 bits per heavy atom. The van der Waals surface area contributed by atoms with Crippen LogP contribution in [0.2, 0.25) is 0 Å². The molecule has 0 spiro atoms. The molecular formula is C20H20F3NO3. The number of carbonyl (C=O) groups excluding carboxylic acids is 2. The van der Waals surface area contributed by atoms with E-state index < -0.39 is 30.2 Å². The third kappa shape index (κ3) is 5.57. The number of anilines is 1. The zero-order valence-corrected chi connectivity index (χ0v) is 15.0. The van der Waals surface area contributed by atoms with Gasteiger partial charge in [0.05, 0.1) is 11.1 Å². The molecule has 2 aromatic carbocycles. The van der Waals surface area contributed by atoms with E-state index in [1.165, 1.54) is 0 Å². The number of para-hydroxylation sites is 1.